The number of carbonyl (C=O) groups excluding carboxylic acids is 1. The number of hydrogen-bond donors (Lipinski definition) is 1. The van der Waals surface area contributed by atoms with Gasteiger partial charge < -0.3 is 10.1 Å². The van der Waals surface area contributed by atoms with Crippen LogP contribution >= 0.6 is 11.6 Å². The van der Waals surface area contributed by atoms with Crippen LogP contribution in [0.4, 0.5) is 0 Å². The Labute approximate surface area is 112 Å². The number of carbonyl (C=O) groups is 1. The van der Waals surface area contributed by atoms with E-state index in [4.69, 9.17) is 22.8 Å². The summed E-state index contributed by atoms with van der Waals surface area (Å²) in [6.45, 7) is 5.15. The first-order valence-corrected chi connectivity index (χ1v) is 5.94. The van der Waals surface area contributed by atoms with Gasteiger partial charge in [-0.3, -0.25) is 4.79 Å². The fourth-order valence-corrected chi connectivity index (χ4v) is 1.42. The van der Waals surface area contributed by atoms with Crippen LogP contribution in [0.1, 0.15) is 20.8 Å². The summed E-state index contributed by atoms with van der Waals surface area (Å²) in [5.74, 6) is 2.77. The zero-order valence-electron chi connectivity index (χ0n) is 10.7. The van der Waals surface area contributed by atoms with Gasteiger partial charge in [-0.2, -0.15) is 0 Å². The van der Waals surface area contributed by atoms with Gasteiger partial charge in [0.05, 0.1) is 5.54 Å². The Balaban J connectivity index is 2.64. The van der Waals surface area contributed by atoms with Crippen molar-refractivity contribution in [3.8, 4) is 18.1 Å². The Bertz CT molecular complexity index is 477. The predicted octanol–water partition coefficient (Wildman–Crippen LogP) is 2.64. The monoisotopic (exact) mass is 265 g/mol. The maximum Gasteiger partial charge on any atom is 0.261 e. The van der Waals surface area contributed by atoms with E-state index in [1.165, 1.54) is 0 Å². The van der Waals surface area contributed by atoms with E-state index in [0.717, 1.165) is 0 Å². The molecule has 0 radical (unpaired) electrons. The van der Waals surface area contributed by atoms with E-state index in [-0.39, 0.29) is 5.91 Å². The maximum absolute atomic E-state index is 11.8. The molecule has 3 nitrogen and oxygen atoms in total. The van der Waals surface area contributed by atoms with Crippen molar-refractivity contribution in [1.82, 2.24) is 5.32 Å². The van der Waals surface area contributed by atoms with Gasteiger partial charge in [0.25, 0.3) is 5.91 Å². The minimum Gasteiger partial charge on any atom is -0.481 e. The van der Waals surface area contributed by atoms with E-state index in [1.54, 1.807) is 45.0 Å². The van der Waals surface area contributed by atoms with Crippen LogP contribution in [-0.2, 0) is 4.79 Å². The molecule has 0 saturated carbocycles. The van der Waals surface area contributed by atoms with Gasteiger partial charge in [0.15, 0.2) is 6.10 Å². The lowest BCUT2D eigenvalue weighted by Crippen LogP contribution is -2.47. The van der Waals surface area contributed by atoms with E-state index in [2.05, 4.69) is 11.2 Å². The molecule has 1 aromatic rings. The smallest absolute Gasteiger partial charge is 0.261 e. The topological polar surface area (TPSA) is 38.3 Å². The van der Waals surface area contributed by atoms with E-state index < -0.39 is 11.6 Å². The highest BCUT2D eigenvalue weighted by Gasteiger charge is 2.22. The Morgan fingerprint density at radius 3 is 2.78 bits per heavy atom. The first-order chi connectivity index (χ1) is 8.34. The first kappa shape index (κ1) is 14.4. The van der Waals surface area contributed by atoms with Crippen molar-refractivity contribution in [3.05, 3.63) is 29.3 Å². The van der Waals surface area contributed by atoms with Crippen molar-refractivity contribution in [2.75, 3.05) is 0 Å². The summed E-state index contributed by atoms with van der Waals surface area (Å²) in [5, 5.41) is 3.27. The minimum atomic E-state index is -0.691. The number of nitrogens with one attached hydrogen (secondary N) is 1. The molecule has 0 heterocycles. The van der Waals surface area contributed by atoms with Crippen molar-refractivity contribution in [2.24, 2.45) is 0 Å². The molecule has 0 bridgehead atoms. The van der Waals surface area contributed by atoms with E-state index in [9.17, 15) is 4.79 Å². The molecule has 0 spiro atoms. The number of terminal acetylenes is 1. The van der Waals surface area contributed by atoms with Crippen LogP contribution in [-0.4, -0.2) is 17.6 Å². The standard InChI is InChI=1S/C14H16ClNO2/c1-5-14(3,4)16-13(17)10(2)18-12-8-6-7-11(15)9-12/h1,6-10H,2-4H3,(H,16,17). The van der Waals surface area contributed by atoms with Crippen LogP contribution in [0, 0.1) is 12.3 Å². The molecular weight excluding hydrogens is 250 g/mol. The summed E-state index contributed by atoms with van der Waals surface area (Å²) < 4.78 is 5.48. The molecule has 96 valence electrons. The van der Waals surface area contributed by atoms with Crippen LogP contribution < -0.4 is 10.1 Å². The van der Waals surface area contributed by atoms with Crippen molar-refractivity contribution < 1.29 is 9.53 Å². The zero-order chi connectivity index (χ0) is 13.8. The van der Waals surface area contributed by atoms with Gasteiger partial charge >= 0.3 is 0 Å². The predicted molar refractivity (Wildman–Crippen MR) is 72.6 cm³/mol. The molecule has 0 aliphatic rings. The summed E-state index contributed by atoms with van der Waals surface area (Å²) in [5.41, 5.74) is -0.691. The lowest BCUT2D eigenvalue weighted by Gasteiger charge is -2.22. The third-order valence-corrected chi connectivity index (χ3v) is 2.51. The molecule has 1 atom stereocenters. The highest BCUT2D eigenvalue weighted by atomic mass is 35.5. The molecule has 18 heavy (non-hydrogen) atoms. The Hall–Kier alpha value is -1.66. The lowest BCUT2D eigenvalue weighted by molar-refractivity contribution is -0.128. The molecule has 1 N–H and O–H groups in total. The number of amides is 1. The second-order valence-corrected chi connectivity index (χ2v) is 4.91. The molecule has 4 heteroatoms. The number of halogens is 1. The number of benzene rings is 1. The fourth-order valence-electron chi connectivity index (χ4n) is 1.24. The zero-order valence-corrected chi connectivity index (χ0v) is 11.4. The maximum atomic E-state index is 11.8. The Kier molecular flexibility index (Phi) is 4.63. The van der Waals surface area contributed by atoms with E-state index in [0.29, 0.717) is 10.8 Å². The highest BCUT2D eigenvalue weighted by Crippen LogP contribution is 2.18. The second-order valence-electron chi connectivity index (χ2n) is 4.48. The fraction of sp³-hybridized carbons (Fsp3) is 0.357. The molecule has 1 aromatic carbocycles. The van der Waals surface area contributed by atoms with Crippen LogP contribution in [0.15, 0.2) is 24.3 Å². The van der Waals surface area contributed by atoms with Gasteiger partial charge in [-0.25, -0.2) is 0 Å². The Morgan fingerprint density at radius 2 is 2.22 bits per heavy atom. The van der Waals surface area contributed by atoms with E-state index >= 15 is 0 Å². The van der Waals surface area contributed by atoms with Gasteiger partial charge in [0.2, 0.25) is 0 Å². The third kappa shape index (κ3) is 4.31. The lowest BCUT2D eigenvalue weighted by atomic mass is 10.1. The van der Waals surface area contributed by atoms with Crippen LogP contribution in [0.2, 0.25) is 5.02 Å². The van der Waals surface area contributed by atoms with Crippen LogP contribution in [0.25, 0.3) is 0 Å². The highest BCUT2D eigenvalue weighted by molar-refractivity contribution is 6.30. The van der Waals surface area contributed by atoms with Gasteiger partial charge in [-0.1, -0.05) is 23.6 Å². The van der Waals surface area contributed by atoms with Crippen molar-refractivity contribution in [3.63, 3.8) is 0 Å². The normalized spacial score (nSPS) is 12.4. The van der Waals surface area contributed by atoms with Gasteiger partial charge in [0.1, 0.15) is 5.75 Å². The van der Waals surface area contributed by atoms with Gasteiger partial charge in [-0.05, 0) is 39.0 Å². The summed E-state index contributed by atoms with van der Waals surface area (Å²) in [6, 6.07) is 6.88. The minimum absolute atomic E-state index is 0.266. The second kappa shape index (κ2) is 5.79. The first-order valence-electron chi connectivity index (χ1n) is 5.56. The van der Waals surface area contributed by atoms with Crippen molar-refractivity contribution >= 4 is 17.5 Å². The largest absolute Gasteiger partial charge is 0.481 e. The average molecular weight is 266 g/mol. The molecule has 0 saturated heterocycles. The van der Waals surface area contributed by atoms with E-state index in [1.807, 2.05) is 0 Å². The number of rotatable bonds is 4. The third-order valence-electron chi connectivity index (χ3n) is 2.27. The van der Waals surface area contributed by atoms with Crippen molar-refractivity contribution in [2.45, 2.75) is 32.4 Å². The molecular formula is C14H16ClNO2. The molecule has 1 rings (SSSR count). The van der Waals surface area contributed by atoms with Crippen molar-refractivity contribution in [1.29, 1.82) is 0 Å². The summed E-state index contributed by atoms with van der Waals surface area (Å²) in [4.78, 5) is 11.8. The van der Waals surface area contributed by atoms with Gasteiger partial charge in [-0.15, -0.1) is 6.42 Å². The van der Waals surface area contributed by atoms with Gasteiger partial charge in [0, 0.05) is 5.02 Å². The summed E-state index contributed by atoms with van der Waals surface area (Å²) in [6.07, 6.45) is 4.66. The molecule has 1 amide bonds. The van der Waals surface area contributed by atoms with Crippen LogP contribution in [0.5, 0.6) is 5.75 Å². The molecule has 0 aliphatic carbocycles. The molecule has 0 aromatic heterocycles. The average Bonchev–Trinajstić information content (AvgIpc) is 2.28. The quantitative estimate of drug-likeness (QED) is 0.850. The molecule has 0 fully saturated rings. The summed E-state index contributed by atoms with van der Waals surface area (Å²) in [7, 11) is 0. The molecule has 0 aliphatic heterocycles. The molecule has 1 unspecified atom stereocenters. The Morgan fingerprint density at radius 1 is 1.56 bits per heavy atom. The summed E-state index contributed by atoms with van der Waals surface area (Å²) >= 11 is 5.83. The number of hydrogen-bond acceptors (Lipinski definition) is 2. The SMILES string of the molecule is C#CC(C)(C)NC(=O)C(C)Oc1cccc(Cl)c1. The number of ether oxygens (including phenoxy) is 1. The van der Waals surface area contributed by atoms with Crippen LogP contribution in [0.3, 0.4) is 0 Å².